The summed E-state index contributed by atoms with van der Waals surface area (Å²) in [4.78, 5) is 4.51. The molecule has 0 amide bonds. The van der Waals surface area contributed by atoms with Crippen molar-refractivity contribution in [2.24, 2.45) is 5.92 Å². The minimum absolute atomic E-state index is 0.427. The predicted molar refractivity (Wildman–Crippen MR) is 75.5 cm³/mol. The van der Waals surface area contributed by atoms with Crippen LogP contribution in [-0.4, -0.2) is 12.0 Å². The van der Waals surface area contributed by atoms with Gasteiger partial charge in [0.05, 0.1) is 10.2 Å². The maximum Gasteiger partial charge on any atom is 0.0809 e. The number of aromatic nitrogens is 1. The lowest BCUT2D eigenvalue weighted by molar-refractivity contribution is 0.464. The van der Waals surface area contributed by atoms with Gasteiger partial charge < -0.3 is 5.32 Å². The Labute approximate surface area is 107 Å². The van der Waals surface area contributed by atoms with Crippen molar-refractivity contribution in [3.63, 3.8) is 0 Å². The van der Waals surface area contributed by atoms with Crippen molar-refractivity contribution in [2.75, 3.05) is 7.05 Å². The third-order valence-corrected chi connectivity index (χ3v) is 3.96. The van der Waals surface area contributed by atoms with Gasteiger partial charge in [0.25, 0.3) is 0 Å². The van der Waals surface area contributed by atoms with Gasteiger partial charge in [-0.1, -0.05) is 13.8 Å². The zero-order chi connectivity index (χ0) is 12.3. The molecule has 3 heteroatoms. The van der Waals surface area contributed by atoms with E-state index in [9.17, 15) is 0 Å². The third kappa shape index (κ3) is 3.05. The number of fused-ring (bicyclic) bond motifs is 1. The van der Waals surface area contributed by atoms with Crippen LogP contribution in [0.5, 0.6) is 0 Å². The fourth-order valence-electron chi connectivity index (χ4n) is 2.03. The van der Waals surface area contributed by atoms with Gasteiger partial charge >= 0.3 is 0 Å². The minimum atomic E-state index is 0.427. The van der Waals surface area contributed by atoms with Crippen molar-refractivity contribution in [1.82, 2.24) is 10.3 Å². The molecule has 0 aromatic carbocycles. The molecule has 2 aromatic heterocycles. The van der Waals surface area contributed by atoms with Crippen LogP contribution in [0.2, 0.25) is 0 Å². The average molecular weight is 248 g/mol. The first kappa shape index (κ1) is 12.5. The molecule has 0 aliphatic rings. The highest BCUT2D eigenvalue weighted by atomic mass is 32.1. The molecule has 2 rings (SSSR count). The van der Waals surface area contributed by atoms with E-state index in [4.69, 9.17) is 0 Å². The van der Waals surface area contributed by atoms with E-state index in [-0.39, 0.29) is 0 Å². The number of hydrogen-bond acceptors (Lipinski definition) is 3. The van der Waals surface area contributed by atoms with E-state index in [1.54, 1.807) is 11.3 Å². The van der Waals surface area contributed by atoms with Crippen molar-refractivity contribution in [3.05, 3.63) is 29.3 Å². The van der Waals surface area contributed by atoms with Crippen molar-refractivity contribution in [3.8, 4) is 0 Å². The normalized spacial score (nSPS) is 13.4. The Hall–Kier alpha value is -0.930. The van der Waals surface area contributed by atoms with Crippen molar-refractivity contribution < 1.29 is 0 Å². The summed E-state index contributed by atoms with van der Waals surface area (Å²) >= 11 is 1.76. The highest BCUT2D eigenvalue weighted by Gasteiger charge is 2.11. The van der Waals surface area contributed by atoms with E-state index in [1.165, 1.54) is 23.1 Å². The zero-order valence-electron chi connectivity index (χ0n) is 10.7. The summed E-state index contributed by atoms with van der Waals surface area (Å²) in [7, 11) is 2.03. The van der Waals surface area contributed by atoms with Crippen LogP contribution in [0.4, 0.5) is 0 Å². The molecule has 0 aliphatic heterocycles. The van der Waals surface area contributed by atoms with E-state index in [0.29, 0.717) is 6.04 Å². The molecule has 0 fully saturated rings. The molecule has 2 aromatic rings. The smallest absolute Gasteiger partial charge is 0.0809 e. The Morgan fingerprint density at radius 1 is 1.35 bits per heavy atom. The van der Waals surface area contributed by atoms with Crippen LogP contribution >= 0.6 is 11.3 Å². The maximum absolute atomic E-state index is 4.51. The summed E-state index contributed by atoms with van der Waals surface area (Å²) in [6.07, 6.45) is 4.43. The van der Waals surface area contributed by atoms with Crippen LogP contribution in [0, 0.1) is 5.92 Å². The number of thiophene rings is 1. The molecule has 17 heavy (non-hydrogen) atoms. The Balaban J connectivity index is 2.17. The van der Waals surface area contributed by atoms with E-state index in [2.05, 4.69) is 41.7 Å². The summed E-state index contributed by atoms with van der Waals surface area (Å²) in [6, 6.07) is 4.78. The first-order valence-corrected chi connectivity index (χ1v) is 7.09. The Morgan fingerprint density at radius 2 is 2.18 bits per heavy atom. The largest absolute Gasteiger partial charge is 0.313 e. The molecule has 0 radical (unpaired) electrons. The number of nitrogens with zero attached hydrogens (tertiary/aromatic N) is 1. The summed E-state index contributed by atoms with van der Waals surface area (Å²) in [6.45, 7) is 4.54. The molecule has 0 aliphatic carbocycles. The van der Waals surface area contributed by atoms with Crippen molar-refractivity contribution in [2.45, 2.75) is 32.7 Å². The van der Waals surface area contributed by atoms with Gasteiger partial charge in [-0.3, -0.25) is 4.98 Å². The molecule has 1 atom stereocenters. The molecule has 2 heterocycles. The van der Waals surface area contributed by atoms with Crippen molar-refractivity contribution in [1.29, 1.82) is 0 Å². The van der Waals surface area contributed by atoms with E-state index >= 15 is 0 Å². The Morgan fingerprint density at radius 3 is 2.88 bits per heavy atom. The highest BCUT2D eigenvalue weighted by molar-refractivity contribution is 7.17. The first-order chi connectivity index (χ1) is 8.20. The summed E-state index contributed by atoms with van der Waals surface area (Å²) in [5.41, 5.74) is 2.42. The van der Waals surface area contributed by atoms with Crippen LogP contribution in [0.15, 0.2) is 23.7 Å². The van der Waals surface area contributed by atoms with Gasteiger partial charge in [-0.15, -0.1) is 11.3 Å². The molecule has 0 bridgehead atoms. The number of rotatable bonds is 5. The monoisotopic (exact) mass is 248 g/mol. The van der Waals surface area contributed by atoms with E-state index in [1.807, 2.05) is 13.2 Å². The van der Waals surface area contributed by atoms with Crippen LogP contribution < -0.4 is 5.32 Å². The fourth-order valence-corrected chi connectivity index (χ4v) is 2.82. The minimum Gasteiger partial charge on any atom is -0.313 e. The van der Waals surface area contributed by atoms with Gasteiger partial charge in [0.2, 0.25) is 0 Å². The van der Waals surface area contributed by atoms with Crippen LogP contribution in [0.1, 0.15) is 38.3 Å². The van der Waals surface area contributed by atoms with Gasteiger partial charge in [0, 0.05) is 12.2 Å². The molecule has 0 saturated carbocycles. The first-order valence-electron chi connectivity index (χ1n) is 6.21. The zero-order valence-corrected chi connectivity index (χ0v) is 11.6. The Kier molecular flexibility index (Phi) is 4.13. The maximum atomic E-state index is 4.51. The second-order valence-electron chi connectivity index (χ2n) is 4.89. The van der Waals surface area contributed by atoms with E-state index in [0.717, 1.165) is 11.4 Å². The topological polar surface area (TPSA) is 24.9 Å². The lowest BCUT2D eigenvalue weighted by Gasteiger charge is -2.17. The molecule has 2 nitrogen and oxygen atoms in total. The van der Waals surface area contributed by atoms with Crippen LogP contribution in [0.25, 0.3) is 10.2 Å². The molecule has 0 spiro atoms. The highest BCUT2D eigenvalue weighted by Crippen LogP contribution is 2.25. The quantitative estimate of drug-likeness (QED) is 0.865. The van der Waals surface area contributed by atoms with Crippen LogP contribution in [-0.2, 0) is 0 Å². The van der Waals surface area contributed by atoms with Gasteiger partial charge in [-0.25, -0.2) is 0 Å². The molecule has 92 valence electrons. The number of hydrogen-bond donors (Lipinski definition) is 1. The molecule has 0 saturated heterocycles. The number of nitrogens with one attached hydrogen (secondary N) is 1. The predicted octanol–water partition coefficient (Wildman–Crippen LogP) is 3.99. The molecule has 1 unspecified atom stereocenters. The second kappa shape index (κ2) is 5.61. The lowest BCUT2D eigenvalue weighted by atomic mass is 9.99. The lowest BCUT2D eigenvalue weighted by Crippen LogP contribution is -2.17. The second-order valence-corrected chi connectivity index (χ2v) is 5.83. The van der Waals surface area contributed by atoms with E-state index < -0.39 is 0 Å². The van der Waals surface area contributed by atoms with Crippen molar-refractivity contribution >= 4 is 21.6 Å². The van der Waals surface area contributed by atoms with Gasteiger partial charge in [-0.2, -0.15) is 0 Å². The molecule has 1 N–H and O–H groups in total. The van der Waals surface area contributed by atoms with Crippen LogP contribution in [0.3, 0.4) is 0 Å². The Bertz CT molecular complexity index is 476. The standard InChI is InChI=1S/C14H20N2S/c1-10(2)4-5-12(15-3)11-8-14-13(16-9-11)6-7-17-14/h6-10,12,15H,4-5H2,1-3H3. The molecular weight excluding hydrogens is 228 g/mol. The third-order valence-electron chi connectivity index (χ3n) is 3.11. The average Bonchev–Trinajstić information content (AvgIpc) is 2.76. The summed E-state index contributed by atoms with van der Waals surface area (Å²) < 4.78 is 1.28. The fraction of sp³-hybridized carbons (Fsp3) is 0.500. The SMILES string of the molecule is CNC(CCC(C)C)c1cnc2ccsc2c1. The summed E-state index contributed by atoms with van der Waals surface area (Å²) in [5, 5.41) is 5.50. The van der Waals surface area contributed by atoms with Gasteiger partial charge in [0.15, 0.2) is 0 Å². The van der Waals surface area contributed by atoms with Gasteiger partial charge in [0.1, 0.15) is 0 Å². The molecular formula is C14H20N2S. The summed E-state index contributed by atoms with van der Waals surface area (Å²) in [5.74, 6) is 0.754. The number of pyridine rings is 1. The van der Waals surface area contributed by atoms with Gasteiger partial charge in [-0.05, 0) is 48.9 Å².